The minimum absolute atomic E-state index is 0.432. The van der Waals surface area contributed by atoms with Gasteiger partial charge in [0, 0.05) is 11.3 Å². The molecule has 3 atom stereocenters. The summed E-state index contributed by atoms with van der Waals surface area (Å²) < 4.78 is 16.9. The van der Waals surface area contributed by atoms with E-state index in [1.54, 1.807) is 36.3 Å². The number of esters is 1. The molecule has 0 N–H and O–H groups in total. The van der Waals surface area contributed by atoms with Crippen molar-refractivity contribution < 1.29 is 23.8 Å². The molecule has 0 unspecified atom stereocenters. The molecule has 0 aliphatic carbocycles. The number of cyclic esters (lactones) is 1. The van der Waals surface area contributed by atoms with Gasteiger partial charge in [-0.05, 0) is 29.8 Å². The highest BCUT2D eigenvalue weighted by atomic mass is 16.8. The van der Waals surface area contributed by atoms with Crippen LogP contribution >= 0.6 is 0 Å². The third-order valence-electron chi connectivity index (χ3n) is 5.51. The van der Waals surface area contributed by atoms with Gasteiger partial charge in [-0.2, -0.15) is 0 Å². The van der Waals surface area contributed by atoms with Crippen molar-refractivity contribution in [3.05, 3.63) is 96.1 Å². The number of carbonyl (C=O) groups excluding carboxylic acids is 2. The normalized spacial score (nSPS) is 25.2. The molecule has 2 aliphatic rings. The summed E-state index contributed by atoms with van der Waals surface area (Å²) in [6, 6.07) is 25.1. The second-order valence-electron chi connectivity index (χ2n) is 7.19. The summed E-state index contributed by atoms with van der Waals surface area (Å²) in [5.74, 6) is -0.502. The number of β-lactam (4-membered cyclic amide) rings is 1. The molecule has 3 aromatic carbocycles. The van der Waals surface area contributed by atoms with Crippen LogP contribution in [0, 0.1) is 0 Å². The van der Waals surface area contributed by atoms with E-state index < -0.39 is 29.8 Å². The number of ether oxygens (including phenoxy) is 3. The van der Waals surface area contributed by atoms with Gasteiger partial charge in [-0.3, -0.25) is 9.69 Å². The van der Waals surface area contributed by atoms with Gasteiger partial charge in [0.15, 0.2) is 0 Å². The van der Waals surface area contributed by atoms with Gasteiger partial charge in [-0.1, -0.05) is 60.7 Å². The van der Waals surface area contributed by atoms with Crippen molar-refractivity contribution in [3.63, 3.8) is 0 Å². The summed E-state index contributed by atoms with van der Waals surface area (Å²) in [5, 5.41) is 0. The Balaban J connectivity index is 1.56. The largest absolute Gasteiger partial charge is 0.497 e. The number of nitrogens with zero attached hydrogens (tertiary/aromatic N) is 1. The highest BCUT2D eigenvalue weighted by Crippen LogP contribution is 2.54. The summed E-state index contributed by atoms with van der Waals surface area (Å²) in [7, 11) is 1.56. The lowest BCUT2D eigenvalue weighted by atomic mass is 9.77. The molecule has 6 nitrogen and oxygen atoms in total. The molecule has 3 aromatic rings. The van der Waals surface area contributed by atoms with Crippen LogP contribution in [0.4, 0.5) is 5.69 Å². The van der Waals surface area contributed by atoms with E-state index in [-0.39, 0.29) is 0 Å². The Hall–Kier alpha value is -3.64. The maximum Gasteiger partial charge on any atom is 0.353 e. The zero-order valence-corrected chi connectivity index (χ0v) is 16.2. The number of rotatable bonds is 4. The molecule has 2 heterocycles. The maximum atomic E-state index is 13.4. The van der Waals surface area contributed by atoms with Gasteiger partial charge in [0.1, 0.15) is 11.8 Å². The zero-order chi connectivity index (χ0) is 20.7. The maximum absolute atomic E-state index is 13.4. The fraction of sp³-hybridized carbons (Fsp3) is 0.167. The van der Waals surface area contributed by atoms with Crippen LogP contribution in [-0.4, -0.2) is 24.6 Å². The van der Waals surface area contributed by atoms with Gasteiger partial charge in [0.05, 0.1) is 7.11 Å². The van der Waals surface area contributed by atoms with E-state index >= 15 is 0 Å². The number of carbonyl (C=O) groups is 2. The van der Waals surface area contributed by atoms with E-state index in [1.807, 2.05) is 60.7 Å². The van der Waals surface area contributed by atoms with Crippen molar-refractivity contribution in [3.8, 4) is 5.75 Å². The fourth-order valence-electron chi connectivity index (χ4n) is 4.07. The van der Waals surface area contributed by atoms with Gasteiger partial charge >= 0.3 is 5.97 Å². The number of anilines is 1. The molecule has 2 fully saturated rings. The predicted octanol–water partition coefficient (Wildman–Crippen LogP) is 3.79. The molecule has 150 valence electrons. The van der Waals surface area contributed by atoms with Crippen molar-refractivity contribution >= 4 is 17.6 Å². The highest BCUT2D eigenvalue weighted by Gasteiger charge is 2.73. The fourth-order valence-corrected chi connectivity index (χ4v) is 4.07. The smallest absolute Gasteiger partial charge is 0.353 e. The molecule has 5 rings (SSSR count). The first-order valence-corrected chi connectivity index (χ1v) is 9.61. The van der Waals surface area contributed by atoms with E-state index in [0.29, 0.717) is 17.0 Å². The summed E-state index contributed by atoms with van der Waals surface area (Å²) in [6.45, 7) is 0. The van der Waals surface area contributed by atoms with Gasteiger partial charge < -0.3 is 14.2 Å². The Morgan fingerprint density at radius 1 is 0.867 bits per heavy atom. The van der Waals surface area contributed by atoms with Crippen LogP contribution in [0.5, 0.6) is 5.75 Å². The Kier molecular flexibility index (Phi) is 4.29. The van der Waals surface area contributed by atoms with Crippen molar-refractivity contribution in [2.24, 2.45) is 0 Å². The lowest BCUT2D eigenvalue weighted by molar-refractivity contribution is -0.168. The second kappa shape index (κ2) is 7.00. The van der Waals surface area contributed by atoms with Crippen molar-refractivity contribution in [1.82, 2.24) is 0 Å². The number of benzene rings is 3. The quantitative estimate of drug-likeness (QED) is 0.378. The first-order valence-electron chi connectivity index (χ1n) is 9.61. The van der Waals surface area contributed by atoms with Crippen LogP contribution in [0.15, 0.2) is 84.9 Å². The monoisotopic (exact) mass is 401 g/mol. The van der Waals surface area contributed by atoms with Crippen LogP contribution < -0.4 is 9.64 Å². The van der Waals surface area contributed by atoms with Gasteiger partial charge in [-0.15, -0.1) is 0 Å². The lowest BCUT2D eigenvalue weighted by Crippen LogP contribution is -2.71. The lowest BCUT2D eigenvalue weighted by Gasteiger charge is -2.50. The first-order chi connectivity index (χ1) is 14.6. The van der Waals surface area contributed by atoms with Crippen molar-refractivity contribution in [2.75, 3.05) is 12.0 Å². The van der Waals surface area contributed by atoms with Gasteiger partial charge in [0.2, 0.25) is 6.29 Å². The van der Waals surface area contributed by atoms with Crippen molar-refractivity contribution in [2.45, 2.75) is 17.9 Å². The molecule has 1 spiro atoms. The third kappa shape index (κ3) is 2.61. The molecule has 6 heteroatoms. The van der Waals surface area contributed by atoms with E-state index in [1.165, 1.54) is 0 Å². The van der Waals surface area contributed by atoms with Gasteiger partial charge in [0.25, 0.3) is 11.5 Å². The SMILES string of the molecule is COc1cccc([C@H]2OC(=O)[C@@]3(O2)C(=O)N(c2ccccc2)[C@H]3c2ccccc2)c1. The van der Waals surface area contributed by atoms with E-state index in [2.05, 4.69) is 0 Å². The van der Waals surface area contributed by atoms with Crippen LogP contribution in [0.1, 0.15) is 23.5 Å². The average Bonchev–Trinajstić information content (AvgIpc) is 3.17. The Bertz CT molecular complexity index is 1100. The van der Waals surface area contributed by atoms with Gasteiger partial charge in [-0.25, -0.2) is 4.79 Å². The molecule has 30 heavy (non-hydrogen) atoms. The Morgan fingerprint density at radius 2 is 1.53 bits per heavy atom. The Morgan fingerprint density at radius 3 is 2.23 bits per heavy atom. The molecule has 0 bridgehead atoms. The molecule has 2 saturated heterocycles. The average molecular weight is 401 g/mol. The molecular weight excluding hydrogens is 382 g/mol. The van der Waals surface area contributed by atoms with Crippen LogP contribution in [0.25, 0.3) is 0 Å². The predicted molar refractivity (Wildman–Crippen MR) is 109 cm³/mol. The molecule has 0 saturated carbocycles. The number of hydrogen-bond acceptors (Lipinski definition) is 5. The number of amides is 1. The summed E-state index contributed by atoms with van der Waals surface area (Å²) in [4.78, 5) is 28.0. The number of hydrogen-bond donors (Lipinski definition) is 0. The van der Waals surface area contributed by atoms with Crippen LogP contribution in [0.2, 0.25) is 0 Å². The molecule has 0 radical (unpaired) electrons. The van der Waals surface area contributed by atoms with E-state index in [0.717, 1.165) is 5.56 Å². The van der Waals surface area contributed by atoms with E-state index in [9.17, 15) is 9.59 Å². The first kappa shape index (κ1) is 18.4. The molecule has 1 amide bonds. The molecule has 0 aromatic heterocycles. The van der Waals surface area contributed by atoms with Crippen LogP contribution in [0.3, 0.4) is 0 Å². The zero-order valence-electron chi connectivity index (χ0n) is 16.2. The van der Waals surface area contributed by atoms with Crippen LogP contribution in [-0.2, 0) is 19.1 Å². The topological polar surface area (TPSA) is 65.1 Å². The molecular formula is C24H19NO5. The number of para-hydroxylation sites is 1. The summed E-state index contributed by atoms with van der Waals surface area (Å²) >= 11 is 0. The minimum Gasteiger partial charge on any atom is -0.497 e. The third-order valence-corrected chi connectivity index (χ3v) is 5.51. The Labute approximate surface area is 173 Å². The van der Waals surface area contributed by atoms with Crippen molar-refractivity contribution in [1.29, 1.82) is 0 Å². The molecule has 2 aliphatic heterocycles. The standard InChI is InChI=1S/C24H19NO5/c1-28-19-14-8-11-17(15-19)21-29-23(27)24(30-21)20(16-9-4-2-5-10-16)25(22(24)26)18-12-6-3-7-13-18/h2-15,20-21H,1H3/t20-,21-,24-/m0/s1. The summed E-state index contributed by atoms with van der Waals surface area (Å²) in [5.41, 5.74) is 0.384. The second-order valence-corrected chi connectivity index (χ2v) is 7.19. The summed E-state index contributed by atoms with van der Waals surface area (Å²) in [6.07, 6.45) is -0.985. The highest BCUT2D eigenvalue weighted by molar-refractivity contribution is 6.21. The number of methoxy groups -OCH3 is 1. The van der Waals surface area contributed by atoms with E-state index in [4.69, 9.17) is 14.2 Å². The minimum atomic E-state index is -1.72.